The molecule has 1 atom stereocenters. The van der Waals surface area contributed by atoms with Crippen LogP contribution < -0.4 is 5.32 Å². The zero-order valence-electron chi connectivity index (χ0n) is 10.6. The lowest BCUT2D eigenvalue weighted by atomic mass is 10.0. The number of halogens is 1. The number of nitrogens with one attached hydrogen (secondary N) is 1. The number of hydrogen-bond donors (Lipinski definition) is 2. The first-order chi connectivity index (χ1) is 8.82. The van der Waals surface area contributed by atoms with Crippen LogP contribution in [0.15, 0.2) is 22.7 Å². The van der Waals surface area contributed by atoms with Crippen LogP contribution in [0.5, 0.6) is 0 Å². The van der Waals surface area contributed by atoms with Gasteiger partial charge in [-0.1, -0.05) is 29.8 Å². The number of nitrogens with zero attached hydrogens (tertiary/aromatic N) is 1. The number of hydrogen-bond acceptors (Lipinski definition) is 4. The number of carboxylic acids is 1. The normalized spacial score (nSPS) is 12.4. The number of benzene rings is 1. The molecule has 0 heterocycles. The van der Waals surface area contributed by atoms with E-state index in [4.69, 9.17) is 5.11 Å². The van der Waals surface area contributed by atoms with Crippen molar-refractivity contribution in [1.82, 2.24) is 5.32 Å². The molecule has 7 heteroatoms. The predicted octanol–water partition coefficient (Wildman–Crippen LogP) is 2.56. The van der Waals surface area contributed by atoms with Gasteiger partial charge in [-0.15, -0.1) is 0 Å². The van der Waals surface area contributed by atoms with E-state index in [0.717, 1.165) is 0 Å². The highest BCUT2D eigenvalue weighted by Crippen LogP contribution is 2.23. The Morgan fingerprint density at radius 1 is 1.53 bits per heavy atom. The molecule has 0 amide bonds. The summed E-state index contributed by atoms with van der Waals surface area (Å²) < 4.78 is 0.613. The Hall–Kier alpha value is -1.47. The summed E-state index contributed by atoms with van der Waals surface area (Å²) in [7, 11) is 0. The van der Waals surface area contributed by atoms with Gasteiger partial charge in [0.2, 0.25) is 0 Å². The first kappa shape index (κ1) is 15.6. The van der Waals surface area contributed by atoms with Crippen LogP contribution in [0.1, 0.15) is 19.4 Å². The number of carbonyl (C=O) groups is 1. The van der Waals surface area contributed by atoms with E-state index in [-0.39, 0.29) is 18.2 Å². The van der Waals surface area contributed by atoms with Gasteiger partial charge >= 0.3 is 5.97 Å². The first-order valence-electron chi connectivity index (χ1n) is 5.72. The number of nitro groups is 1. The Balaban J connectivity index is 2.88. The number of rotatable bonds is 6. The van der Waals surface area contributed by atoms with Gasteiger partial charge in [-0.3, -0.25) is 20.2 Å². The van der Waals surface area contributed by atoms with Crippen LogP contribution in [0.25, 0.3) is 0 Å². The lowest BCUT2D eigenvalue weighted by molar-refractivity contribution is -0.385. The van der Waals surface area contributed by atoms with Crippen molar-refractivity contribution in [1.29, 1.82) is 0 Å². The van der Waals surface area contributed by atoms with Crippen LogP contribution in [-0.4, -0.2) is 22.0 Å². The van der Waals surface area contributed by atoms with Crippen LogP contribution in [-0.2, 0) is 11.3 Å². The van der Waals surface area contributed by atoms with Crippen molar-refractivity contribution in [2.45, 2.75) is 26.4 Å². The topological polar surface area (TPSA) is 92.5 Å². The number of aliphatic carboxylic acids is 1. The minimum absolute atomic E-state index is 0.0326. The van der Waals surface area contributed by atoms with E-state index >= 15 is 0 Å². The van der Waals surface area contributed by atoms with E-state index in [1.165, 1.54) is 6.07 Å². The fraction of sp³-hybridized carbons (Fsp3) is 0.417. The van der Waals surface area contributed by atoms with Crippen molar-refractivity contribution in [3.8, 4) is 0 Å². The standard InChI is InChI=1S/C12H15BrN2O4/c1-7(2)11(12(16)17)14-6-8-3-4-9(13)5-10(8)15(18)19/h3-5,7,11,14H,6H2,1-2H3,(H,16,17). The van der Waals surface area contributed by atoms with E-state index in [0.29, 0.717) is 10.0 Å². The van der Waals surface area contributed by atoms with Gasteiger partial charge in [0.15, 0.2) is 0 Å². The lowest BCUT2D eigenvalue weighted by Gasteiger charge is -2.17. The summed E-state index contributed by atoms with van der Waals surface area (Å²) in [5, 5.41) is 22.8. The Labute approximate surface area is 119 Å². The molecule has 1 rings (SSSR count). The molecule has 0 aromatic heterocycles. The summed E-state index contributed by atoms with van der Waals surface area (Å²) in [5.41, 5.74) is 0.426. The summed E-state index contributed by atoms with van der Waals surface area (Å²) in [4.78, 5) is 21.5. The fourth-order valence-corrected chi connectivity index (χ4v) is 2.03. The molecule has 0 spiro atoms. The van der Waals surface area contributed by atoms with Crippen LogP contribution in [0, 0.1) is 16.0 Å². The van der Waals surface area contributed by atoms with Crippen molar-refractivity contribution in [2.24, 2.45) is 5.92 Å². The van der Waals surface area contributed by atoms with Gasteiger partial charge in [-0.05, 0) is 18.1 Å². The molecular formula is C12H15BrN2O4. The van der Waals surface area contributed by atoms with Crippen molar-refractivity contribution in [2.75, 3.05) is 0 Å². The molecule has 0 aliphatic heterocycles. The number of carboxylic acid groups (broad SMARTS) is 1. The van der Waals surface area contributed by atoms with E-state index in [1.807, 2.05) is 0 Å². The molecule has 0 saturated heterocycles. The average Bonchev–Trinajstić information content (AvgIpc) is 2.29. The molecular weight excluding hydrogens is 316 g/mol. The van der Waals surface area contributed by atoms with Gasteiger partial charge in [0.1, 0.15) is 6.04 Å². The highest BCUT2D eigenvalue weighted by Gasteiger charge is 2.22. The second-order valence-electron chi connectivity index (χ2n) is 4.47. The molecule has 1 unspecified atom stereocenters. The smallest absolute Gasteiger partial charge is 0.320 e. The Kier molecular flexibility index (Phi) is 5.44. The molecule has 0 aliphatic rings. The van der Waals surface area contributed by atoms with Gasteiger partial charge in [0, 0.05) is 22.6 Å². The van der Waals surface area contributed by atoms with E-state index in [2.05, 4.69) is 21.2 Å². The third-order valence-corrected chi connectivity index (χ3v) is 3.18. The van der Waals surface area contributed by atoms with Crippen LogP contribution in [0.3, 0.4) is 0 Å². The van der Waals surface area contributed by atoms with Crippen LogP contribution in [0.2, 0.25) is 0 Å². The van der Waals surface area contributed by atoms with Crippen molar-refractivity contribution in [3.05, 3.63) is 38.3 Å². The Bertz CT molecular complexity index is 491. The maximum absolute atomic E-state index is 11.0. The Morgan fingerprint density at radius 3 is 2.63 bits per heavy atom. The lowest BCUT2D eigenvalue weighted by Crippen LogP contribution is -2.40. The first-order valence-corrected chi connectivity index (χ1v) is 6.51. The highest BCUT2D eigenvalue weighted by molar-refractivity contribution is 9.10. The molecule has 0 aliphatic carbocycles. The highest BCUT2D eigenvalue weighted by atomic mass is 79.9. The molecule has 6 nitrogen and oxygen atoms in total. The van der Waals surface area contributed by atoms with Gasteiger partial charge < -0.3 is 5.11 Å². The minimum Gasteiger partial charge on any atom is -0.480 e. The molecule has 0 radical (unpaired) electrons. The molecule has 2 N–H and O–H groups in total. The summed E-state index contributed by atoms with van der Waals surface area (Å²) in [6, 6.07) is 3.97. The predicted molar refractivity (Wildman–Crippen MR) is 73.9 cm³/mol. The zero-order valence-corrected chi connectivity index (χ0v) is 12.2. The molecule has 0 bridgehead atoms. The monoisotopic (exact) mass is 330 g/mol. The summed E-state index contributed by atoms with van der Waals surface area (Å²) in [5.74, 6) is -1.07. The number of nitro benzene ring substituents is 1. The summed E-state index contributed by atoms with van der Waals surface area (Å²) in [6.45, 7) is 3.70. The summed E-state index contributed by atoms with van der Waals surface area (Å²) in [6.07, 6.45) is 0. The fourth-order valence-electron chi connectivity index (χ4n) is 1.68. The van der Waals surface area contributed by atoms with Crippen LogP contribution in [0.4, 0.5) is 5.69 Å². The summed E-state index contributed by atoms with van der Waals surface area (Å²) >= 11 is 3.17. The third-order valence-electron chi connectivity index (χ3n) is 2.69. The quantitative estimate of drug-likeness (QED) is 0.617. The van der Waals surface area contributed by atoms with Gasteiger partial charge in [0.25, 0.3) is 5.69 Å². The van der Waals surface area contributed by atoms with Gasteiger partial charge in [-0.2, -0.15) is 0 Å². The van der Waals surface area contributed by atoms with E-state index in [9.17, 15) is 14.9 Å². The van der Waals surface area contributed by atoms with E-state index in [1.54, 1.807) is 26.0 Å². The second kappa shape index (κ2) is 6.63. The minimum atomic E-state index is -0.963. The van der Waals surface area contributed by atoms with Gasteiger partial charge in [-0.25, -0.2) is 0 Å². The van der Waals surface area contributed by atoms with Gasteiger partial charge in [0.05, 0.1) is 4.92 Å². The van der Waals surface area contributed by atoms with Crippen molar-refractivity contribution >= 4 is 27.6 Å². The molecule has 19 heavy (non-hydrogen) atoms. The molecule has 0 saturated carbocycles. The van der Waals surface area contributed by atoms with Crippen LogP contribution >= 0.6 is 15.9 Å². The molecule has 104 valence electrons. The maximum atomic E-state index is 11.0. The second-order valence-corrected chi connectivity index (χ2v) is 5.39. The Morgan fingerprint density at radius 2 is 2.16 bits per heavy atom. The SMILES string of the molecule is CC(C)C(NCc1ccc(Br)cc1[N+](=O)[O-])C(=O)O. The maximum Gasteiger partial charge on any atom is 0.320 e. The average molecular weight is 331 g/mol. The van der Waals surface area contributed by atoms with Crippen molar-refractivity contribution < 1.29 is 14.8 Å². The van der Waals surface area contributed by atoms with E-state index < -0.39 is 16.9 Å². The largest absolute Gasteiger partial charge is 0.480 e. The molecule has 1 aromatic carbocycles. The van der Waals surface area contributed by atoms with Crippen molar-refractivity contribution in [3.63, 3.8) is 0 Å². The zero-order chi connectivity index (χ0) is 14.6. The molecule has 1 aromatic rings. The third kappa shape index (κ3) is 4.29. The molecule has 0 fully saturated rings.